The molecule has 0 amide bonds. The van der Waals surface area contributed by atoms with E-state index in [0.717, 1.165) is 17.3 Å². The molecule has 0 aliphatic rings. The molecule has 0 unspecified atom stereocenters. The number of aromatic nitrogens is 2. The molecule has 7 heteroatoms. The highest BCUT2D eigenvalue weighted by Crippen LogP contribution is 2.22. The van der Waals surface area contributed by atoms with Crippen LogP contribution in [0.1, 0.15) is 25.2 Å². The molecule has 0 fully saturated rings. The van der Waals surface area contributed by atoms with Crippen molar-refractivity contribution < 1.29 is 12.8 Å². The molecule has 0 aliphatic heterocycles. The zero-order valence-electron chi connectivity index (χ0n) is 13.6. The van der Waals surface area contributed by atoms with Gasteiger partial charge in [0.15, 0.2) is 0 Å². The Morgan fingerprint density at radius 1 is 1.16 bits per heavy atom. The van der Waals surface area contributed by atoms with Crippen LogP contribution in [-0.2, 0) is 10.0 Å². The monoisotopic (exact) mass is 359 g/mol. The van der Waals surface area contributed by atoms with Crippen LogP contribution < -0.4 is 4.72 Å². The van der Waals surface area contributed by atoms with Gasteiger partial charge in [0.05, 0.1) is 22.8 Å². The Morgan fingerprint density at radius 2 is 1.92 bits per heavy atom. The fraction of sp³-hybridized carbons (Fsp3) is 0.167. The lowest BCUT2D eigenvalue weighted by molar-refractivity contribution is 0.538. The molecule has 0 saturated heterocycles. The summed E-state index contributed by atoms with van der Waals surface area (Å²) in [6, 6.07) is 14.0. The molecule has 0 saturated carbocycles. The van der Waals surface area contributed by atoms with Gasteiger partial charge in [0.25, 0.3) is 0 Å². The van der Waals surface area contributed by atoms with Crippen molar-refractivity contribution in [3.05, 3.63) is 72.4 Å². The predicted molar refractivity (Wildman–Crippen MR) is 93.8 cm³/mol. The maximum absolute atomic E-state index is 13.3. The van der Waals surface area contributed by atoms with Crippen LogP contribution in [0.5, 0.6) is 0 Å². The molecule has 5 nitrogen and oxygen atoms in total. The maximum Gasteiger partial charge on any atom is 0.241 e. The largest absolute Gasteiger partial charge is 0.341 e. The fourth-order valence-corrected chi connectivity index (χ4v) is 3.81. The summed E-state index contributed by atoms with van der Waals surface area (Å²) in [7, 11) is -3.85. The highest BCUT2D eigenvalue weighted by molar-refractivity contribution is 7.89. The Bertz CT molecular complexity index is 955. The standard InChI is InChI=1S/C18H18FN3O2S/c1-2-16(22-25(23,24)15-10-6-9-14(19)11-15)18-20-12-17(21-18)13-7-4-3-5-8-13/h3-12,16,22H,2H2,1H3,(H,20,21)/t16-/m1/s1. The molecular weight excluding hydrogens is 341 g/mol. The van der Waals surface area contributed by atoms with Crippen LogP contribution >= 0.6 is 0 Å². The summed E-state index contributed by atoms with van der Waals surface area (Å²) >= 11 is 0. The Labute approximate surface area is 146 Å². The minimum Gasteiger partial charge on any atom is -0.341 e. The molecule has 1 aromatic heterocycles. The Morgan fingerprint density at radius 3 is 2.60 bits per heavy atom. The molecule has 0 radical (unpaired) electrons. The van der Waals surface area contributed by atoms with Gasteiger partial charge < -0.3 is 4.98 Å². The fourth-order valence-electron chi connectivity index (χ4n) is 2.50. The van der Waals surface area contributed by atoms with Crippen LogP contribution in [0.25, 0.3) is 11.3 Å². The lowest BCUT2D eigenvalue weighted by atomic mass is 10.2. The smallest absolute Gasteiger partial charge is 0.241 e. The summed E-state index contributed by atoms with van der Waals surface area (Å²) in [6.45, 7) is 1.85. The van der Waals surface area contributed by atoms with E-state index in [4.69, 9.17) is 0 Å². The summed E-state index contributed by atoms with van der Waals surface area (Å²) in [6.07, 6.45) is 2.17. The van der Waals surface area contributed by atoms with Gasteiger partial charge in [-0.3, -0.25) is 0 Å². The Balaban J connectivity index is 1.85. The van der Waals surface area contributed by atoms with E-state index in [9.17, 15) is 12.8 Å². The molecular formula is C18H18FN3O2S. The molecule has 2 aromatic carbocycles. The van der Waals surface area contributed by atoms with Crippen LogP contribution in [0, 0.1) is 5.82 Å². The van der Waals surface area contributed by atoms with Crippen LogP contribution in [0.2, 0.25) is 0 Å². The van der Waals surface area contributed by atoms with Gasteiger partial charge in [-0.05, 0) is 30.2 Å². The molecule has 0 spiro atoms. The number of H-pyrrole nitrogens is 1. The summed E-state index contributed by atoms with van der Waals surface area (Å²) in [4.78, 5) is 7.35. The number of aromatic amines is 1. The second kappa shape index (κ2) is 7.16. The molecule has 25 heavy (non-hydrogen) atoms. The number of nitrogens with one attached hydrogen (secondary N) is 2. The van der Waals surface area contributed by atoms with E-state index in [2.05, 4.69) is 14.7 Å². The molecule has 0 bridgehead atoms. The number of hydrogen-bond acceptors (Lipinski definition) is 3. The number of benzene rings is 2. The second-order valence-electron chi connectivity index (χ2n) is 5.59. The topological polar surface area (TPSA) is 74.8 Å². The van der Waals surface area contributed by atoms with Crippen molar-refractivity contribution >= 4 is 10.0 Å². The zero-order chi connectivity index (χ0) is 17.9. The second-order valence-corrected chi connectivity index (χ2v) is 7.30. The van der Waals surface area contributed by atoms with Gasteiger partial charge >= 0.3 is 0 Å². The van der Waals surface area contributed by atoms with Crippen molar-refractivity contribution in [3.63, 3.8) is 0 Å². The van der Waals surface area contributed by atoms with E-state index in [1.807, 2.05) is 37.3 Å². The van der Waals surface area contributed by atoms with Crippen molar-refractivity contribution in [2.24, 2.45) is 0 Å². The zero-order valence-corrected chi connectivity index (χ0v) is 14.4. The van der Waals surface area contributed by atoms with Crippen LogP contribution in [0.4, 0.5) is 4.39 Å². The predicted octanol–water partition coefficient (Wildman–Crippen LogP) is 3.65. The third-order valence-electron chi connectivity index (χ3n) is 3.82. The van der Waals surface area contributed by atoms with E-state index < -0.39 is 21.9 Å². The third-order valence-corrected chi connectivity index (χ3v) is 5.29. The number of sulfonamides is 1. The first kappa shape index (κ1) is 17.3. The summed E-state index contributed by atoms with van der Waals surface area (Å²) in [5.74, 6) is -0.0818. The normalized spacial score (nSPS) is 12.9. The lowest BCUT2D eigenvalue weighted by Gasteiger charge is -2.15. The van der Waals surface area contributed by atoms with E-state index >= 15 is 0 Å². The summed E-state index contributed by atoms with van der Waals surface area (Å²) in [5, 5.41) is 0. The quantitative estimate of drug-likeness (QED) is 0.705. The van der Waals surface area contributed by atoms with Crippen molar-refractivity contribution in [1.82, 2.24) is 14.7 Å². The van der Waals surface area contributed by atoms with E-state index in [0.29, 0.717) is 12.2 Å². The molecule has 2 N–H and O–H groups in total. The Hall–Kier alpha value is -2.51. The lowest BCUT2D eigenvalue weighted by Crippen LogP contribution is -2.29. The van der Waals surface area contributed by atoms with Gasteiger partial charge in [0.2, 0.25) is 10.0 Å². The maximum atomic E-state index is 13.3. The van der Waals surface area contributed by atoms with Gasteiger partial charge in [-0.1, -0.05) is 43.3 Å². The van der Waals surface area contributed by atoms with Crippen molar-refractivity contribution in [2.75, 3.05) is 0 Å². The molecule has 130 valence electrons. The first-order valence-corrected chi connectivity index (χ1v) is 9.36. The van der Waals surface area contributed by atoms with Crippen molar-refractivity contribution in [1.29, 1.82) is 0 Å². The molecule has 1 atom stereocenters. The van der Waals surface area contributed by atoms with E-state index in [1.54, 1.807) is 6.20 Å². The third kappa shape index (κ3) is 3.94. The number of hydrogen-bond donors (Lipinski definition) is 2. The summed E-state index contributed by atoms with van der Waals surface area (Å²) < 4.78 is 40.9. The number of imidazole rings is 1. The van der Waals surface area contributed by atoms with Crippen molar-refractivity contribution in [3.8, 4) is 11.3 Å². The minimum atomic E-state index is -3.85. The first-order valence-electron chi connectivity index (χ1n) is 7.88. The van der Waals surface area contributed by atoms with Gasteiger partial charge in [0, 0.05) is 0 Å². The molecule has 3 aromatic rings. The van der Waals surface area contributed by atoms with Gasteiger partial charge in [-0.25, -0.2) is 22.5 Å². The average Bonchev–Trinajstić information content (AvgIpc) is 3.10. The van der Waals surface area contributed by atoms with E-state index in [-0.39, 0.29) is 4.90 Å². The number of nitrogens with zero attached hydrogens (tertiary/aromatic N) is 1. The van der Waals surface area contributed by atoms with Gasteiger partial charge in [0.1, 0.15) is 11.6 Å². The Kier molecular flexibility index (Phi) is 4.96. The SMILES string of the molecule is CC[C@@H](NS(=O)(=O)c1cccc(F)c1)c1ncc(-c2ccccc2)[nH]1. The number of halogens is 1. The van der Waals surface area contributed by atoms with Crippen LogP contribution in [0.3, 0.4) is 0 Å². The van der Waals surface area contributed by atoms with Gasteiger partial charge in [-0.15, -0.1) is 0 Å². The highest BCUT2D eigenvalue weighted by atomic mass is 32.2. The minimum absolute atomic E-state index is 0.110. The molecule has 3 rings (SSSR count). The van der Waals surface area contributed by atoms with E-state index in [1.165, 1.54) is 18.2 Å². The van der Waals surface area contributed by atoms with Gasteiger partial charge in [-0.2, -0.15) is 0 Å². The van der Waals surface area contributed by atoms with Crippen LogP contribution in [0.15, 0.2) is 65.7 Å². The molecule has 1 heterocycles. The van der Waals surface area contributed by atoms with Crippen LogP contribution in [-0.4, -0.2) is 18.4 Å². The highest BCUT2D eigenvalue weighted by Gasteiger charge is 2.22. The summed E-state index contributed by atoms with van der Waals surface area (Å²) in [5.41, 5.74) is 1.77. The first-order chi connectivity index (χ1) is 12.0. The average molecular weight is 359 g/mol. The molecule has 0 aliphatic carbocycles. The van der Waals surface area contributed by atoms with Crippen molar-refractivity contribution in [2.45, 2.75) is 24.3 Å². The number of rotatable bonds is 6.